The molecule has 1 unspecified atom stereocenters. The van der Waals surface area contributed by atoms with Crippen molar-refractivity contribution in [3.05, 3.63) is 30.1 Å². The Morgan fingerprint density at radius 3 is 2.37 bits per heavy atom. The summed E-state index contributed by atoms with van der Waals surface area (Å²) in [6.07, 6.45) is 1.59. The minimum absolute atomic E-state index is 0.119. The summed E-state index contributed by atoms with van der Waals surface area (Å²) in [7, 11) is 0. The molecule has 106 valence electrons. The monoisotopic (exact) mass is 267 g/mol. The Kier molecular flexibility index (Phi) is 6.33. The molecule has 0 aliphatic carbocycles. The van der Waals surface area contributed by atoms with E-state index in [-0.39, 0.29) is 17.7 Å². The van der Waals surface area contributed by atoms with Gasteiger partial charge in [0.1, 0.15) is 0 Å². The van der Waals surface area contributed by atoms with Crippen molar-refractivity contribution in [2.24, 2.45) is 0 Å². The number of carbonyl (C=O) groups excluding carboxylic acids is 1. The van der Waals surface area contributed by atoms with Gasteiger partial charge in [-0.2, -0.15) is 0 Å². The van der Waals surface area contributed by atoms with E-state index < -0.39 is 11.9 Å². The van der Waals surface area contributed by atoms with Gasteiger partial charge in [0.15, 0.2) is 17.7 Å². The van der Waals surface area contributed by atoms with Gasteiger partial charge in [0.05, 0.1) is 0 Å². The van der Waals surface area contributed by atoms with Crippen molar-refractivity contribution in [3.63, 3.8) is 0 Å². The fourth-order valence-electron chi connectivity index (χ4n) is 1.80. The van der Waals surface area contributed by atoms with E-state index in [0.29, 0.717) is 6.42 Å². The molecule has 0 aliphatic heterocycles. The van der Waals surface area contributed by atoms with E-state index in [2.05, 4.69) is 5.32 Å². The highest BCUT2D eigenvalue weighted by molar-refractivity contribution is 5.81. The smallest absolute Gasteiger partial charge is 0.261 e. The van der Waals surface area contributed by atoms with Gasteiger partial charge in [0.25, 0.3) is 5.91 Å². The lowest BCUT2D eigenvalue weighted by molar-refractivity contribution is -0.129. The summed E-state index contributed by atoms with van der Waals surface area (Å²) in [5.41, 5.74) is 0. The molecular weight excluding hydrogens is 245 g/mol. The second kappa shape index (κ2) is 7.77. The number of nitrogens with one attached hydrogen (secondary N) is 1. The summed E-state index contributed by atoms with van der Waals surface area (Å²) >= 11 is 0. The third-order valence-corrected chi connectivity index (χ3v) is 3.10. The minimum Gasteiger partial charge on any atom is -0.478 e. The predicted molar refractivity (Wildman–Crippen MR) is 73.6 cm³/mol. The lowest BCUT2D eigenvalue weighted by Crippen LogP contribution is -2.43. The zero-order chi connectivity index (χ0) is 14.3. The quantitative estimate of drug-likeness (QED) is 0.823. The van der Waals surface area contributed by atoms with Crippen LogP contribution in [0.4, 0.5) is 4.39 Å². The maximum atomic E-state index is 13.5. The molecule has 0 spiro atoms. The van der Waals surface area contributed by atoms with Crippen LogP contribution in [0.3, 0.4) is 0 Å². The Hall–Kier alpha value is -1.58. The summed E-state index contributed by atoms with van der Waals surface area (Å²) in [5, 5.41) is 2.92. The van der Waals surface area contributed by atoms with Crippen LogP contribution in [-0.4, -0.2) is 18.1 Å². The molecule has 0 fully saturated rings. The van der Waals surface area contributed by atoms with Crippen LogP contribution >= 0.6 is 0 Å². The van der Waals surface area contributed by atoms with Crippen molar-refractivity contribution in [2.75, 3.05) is 0 Å². The van der Waals surface area contributed by atoms with Crippen molar-refractivity contribution in [1.29, 1.82) is 0 Å². The average molecular weight is 267 g/mol. The van der Waals surface area contributed by atoms with Gasteiger partial charge in [0, 0.05) is 6.04 Å². The first-order valence-electron chi connectivity index (χ1n) is 6.83. The lowest BCUT2D eigenvalue weighted by atomic mass is 10.1. The summed E-state index contributed by atoms with van der Waals surface area (Å²) in [6, 6.07) is 6.27. The number of hydrogen-bond acceptors (Lipinski definition) is 2. The summed E-state index contributed by atoms with van der Waals surface area (Å²) < 4.78 is 18.9. The van der Waals surface area contributed by atoms with Gasteiger partial charge in [0.2, 0.25) is 0 Å². The van der Waals surface area contributed by atoms with Gasteiger partial charge in [-0.1, -0.05) is 32.9 Å². The van der Waals surface area contributed by atoms with Crippen molar-refractivity contribution in [3.8, 4) is 5.75 Å². The first-order chi connectivity index (χ1) is 9.12. The van der Waals surface area contributed by atoms with E-state index in [0.717, 1.165) is 12.8 Å². The molecule has 1 amide bonds. The van der Waals surface area contributed by atoms with Crippen molar-refractivity contribution >= 4 is 5.91 Å². The number of benzene rings is 1. The van der Waals surface area contributed by atoms with Crippen LogP contribution in [0.1, 0.15) is 40.0 Å². The first-order valence-corrected chi connectivity index (χ1v) is 6.83. The molecule has 0 radical (unpaired) electrons. The predicted octanol–water partition coefficient (Wildman–Crippen LogP) is 3.29. The van der Waals surface area contributed by atoms with Crippen LogP contribution < -0.4 is 10.1 Å². The van der Waals surface area contributed by atoms with E-state index in [1.165, 1.54) is 12.1 Å². The molecule has 1 atom stereocenters. The van der Waals surface area contributed by atoms with Crippen LogP contribution in [0.2, 0.25) is 0 Å². The molecule has 4 heteroatoms. The molecule has 1 N–H and O–H groups in total. The van der Waals surface area contributed by atoms with Gasteiger partial charge in [-0.05, 0) is 31.4 Å². The van der Waals surface area contributed by atoms with Crippen molar-refractivity contribution in [1.82, 2.24) is 5.32 Å². The molecular formula is C15H22FNO2. The Bertz CT molecular complexity index is 405. The summed E-state index contributed by atoms with van der Waals surface area (Å²) in [4.78, 5) is 12.1. The molecule has 1 rings (SSSR count). The zero-order valence-electron chi connectivity index (χ0n) is 11.8. The molecule has 0 aliphatic rings. The van der Waals surface area contributed by atoms with Crippen LogP contribution in [0, 0.1) is 5.82 Å². The first kappa shape index (κ1) is 15.5. The van der Waals surface area contributed by atoms with Crippen LogP contribution in [-0.2, 0) is 4.79 Å². The number of rotatable bonds is 7. The molecule has 0 heterocycles. The van der Waals surface area contributed by atoms with Gasteiger partial charge in [-0.3, -0.25) is 4.79 Å². The number of ether oxygens (including phenoxy) is 1. The van der Waals surface area contributed by atoms with E-state index in [1.54, 1.807) is 12.1 Å². The Morgan fingerprint density at radius 1 is 1.21 bits per heavy atom. The molecule has 0 aromatic heterocycles. The van der Waals surface area contributed by atoms with Crippen molar-refractivity contribution < 1.29 is 13.9 Å². The highest BCUT2D eigenvalue weighted by Gasteiger charge is 2.21. The van der Waals surface area contributed by atoms with E-state index >= 15 is 0 Å². The number of halogens is 1. The summed E-state index contributed by atoms with van der Waals surface area (Å²) in [6.45, 7) is 5.89. The number of hydrogen-bond donors (Lipinski definition) is 1. The van der Waals surface area contributed by atoms with Crippen LogP contribution in [0.5, 0.6) is 5.75 Å². The van der Waals surface area contributed by atoms with Crippen molar-refractivity contribution in [2.45, 2.75) is 52.2 Å². The Labute approximate surface area is 114 Å². The van der Waals surface area contributed by atoms with Crippen LogP contribution in [0.15, 0.2) is 24.3 Å². The zero-order valence-corrected chi connectivity index (χ0v) is 11.8. The fraction of sp³-hybridized carbons (Fsp3) is 0.533. The van der Waals surface area contributed by atoms with E-state index in [9.17, 15) is 9.18 Å². The summed E-state index contributed by atoms with van der Waals surface area (Å²) in [5.74, 6) is -0.509. The molecule has 0 bridgehead atoms. The second-order valence-electron chi connectivity index (χ2n) is 4.47. The lowest BCUT2D eigenvalue weighted by Gasteiger charge is -2.21. The molecule has 0 saturated carbocycles. The Morgan fingerprint density at radius 2 is 1.84 bits per heavy atom. The maximum absolute atomic E-state index is 13.5. The van der Waals surface area contributed by atoms with E-state index in [1.807, 2.05) is 20.8 Å². The highest BCUT2D eigenvalue weighted by atomic mass is 19.1. The topological polar surface area (TPSA) is 38.3 Å². The SMILES string of the molecule is CCC(CC)NC(=O)C(CC)Oc1ccccc1F. The van der Waals surface area contributed by atoms with Gasteiger partial charge >= 0.3 is 0 Å². The molecule has 1 aromatic rings. The van der Waals surface area contributed by atoms with Gasteiger partial charge < -0.3 is 10.1 Å². The normalized spacial score (nSPS) is 12.3. The maximum Gasteiger partial charge on any atom is 0.261 e. The standard InChI is InChI=1S/C15H22FNO2/c1-4-11(5-2)17-15(18)13(6-3)19-14-10-8-7-9-12(14)16/h7-11,13H,4-6H2,1-3H3,(H,17,18). The average Bonchev–Trinajstić information content (AvgIpc) is 2.43. The molecule has 1 aromatic carbocycles. The second-order valence-corrected chi connectivity index (χ2v) is 4.47. The number of carbonyl (C=O) groups is 1. The minimum atomic E-state index is -0.655. The van der Waals surface area contributed by atoms with Gasteiger partial charge in [-0.25, -0.2) is 4.39 Å². The largest absolute Gasteiger partial charge is 0.478 e. The number of para-hydroxylation sites is 1. The highest BCUT2D eigenvalue weighted by Crippen LogP contribution is 2.18. The molecule has 19 heavy (non-hydrogen) atoms. The van der Waals surface area contributed by atoms with E-state index in [4.69, 9.17) is 4.74 Å². The third-order valence-electron chi connectivity index (χ3n) is 3.10. The van der Waals surface area contributed by atoms with Gasteiger partial charge in [-0.15, -0.1) is 0 Å². The molecule has 3 nitrogen and oxygen atoms in total. The number of amides is 1. The Balaban J connectivity index is 2.68. The third kappa shape index (κ3) is 4.54. The van der Waals surface area contributed by atoms with Crippen LogP contribution in [0.25, 0.3) is 0 Å². The fourth-order valence-corrected chi connectivity index (χ4v) is 1.80. The molecule has 0 saturated heterocycles.